The van der Waals surface area contributed by atoms with Gasteiger partial charge in [-0.3, -0.25) is 0 Å². The molecule has 0 bridgehead atoms. The van der Waals surface area contributed by atoms with Crippen LogP contribution in [0.4, 0.5) is 0 Å². The summed E-state index contributed by atoms with van der Waals surface area (Å²) in [7, 11) is -0.326. The monoisotopic (exact) mass is 104 g/mol. The van der Waals surface area contributed by atoms with E-state index in [2.05, 4.69) is 13.8 Å². The van der Waals surface area contributed by atoms with Crippen molar-refractivity contribution in [2.24, 2.45) is 0 Å². The maximum atomic E-state index is 7.13. The summed E-state index contributed by atoms with van der Waals surface area (Å²) in [6.45, 7) is 4.14. The molecule has 0 fully saturated rings. The third-order valence-electron chi connectivity index (χ3n) is 0.763. The summed E-state index contributed by atoms with van der Waals surface area (Å²) in [4.78, 5) is 0. The minimum Gasteiger partial charge on any atom is -0.125 e. The molecular weight excluding hydrogens is 93.0 g/mol. The summed E-state index contributed by atoms with van der Waals surface area (Å²) >= 11 is 0. The molecule has 0 aliphatic carbocycles. The van der Waals surface area contributed by atoms with Crippen molar-refractivity contribution in [1.82, 2.24) is 0 Å². The lowest BCUT2D eigenvalue weighted by Gasteiger charge is -1.72. The molecule has 0 aliphatic rings. The molecule has 1 nitrogen and oxygen atoms in total. The molecule has 0 saturated carbocycles. The zero-order valence-corrected chi connectivity index (χ0v) is 5.26. The second kappa shape index (κ2) is 3.30. The largest absolute Gasteiger partial charge is 0.195 e. The highest BCUT2D eigenvalue weighted by molar-refractivity contribution is 7.45. The maximum absolute atomic E-state index is 7.13. The predicted molar refractivity (Wildman–Crippen MR) is 30.7 cm³/mol. The van der Waals surface area contributed by atoms with E-state index in [0.717, 1.165) is 12.3 Å². The van der Waals surface area contributed by atoms with Crippen LogP contribution in [0.3, 0.4) is 0 Å². The van der Waals surface area contributed by atoms with E-state index in [1.54, 1.807) is 0 Å². The first-order chi connectivity index (χ1) is 2.81. The van der Waals surface area contributed by atoms with Gasteiger partial charge in [0.25, 0.3) is 0 Å². The molecule has 0 amide bonds. The van der Waals surface area contributed by atoms with Crippen LogP contribution in [0.2, 0.25) is 0 Å². The zero-order chi connectivity index (χ0) is 4.99. The van der Waals surface area contributed by atoms with E-state index in [1.807, 2.05) is 0 Å². The van der Waals surface area contributed by atoms with Gasteiger partial charge in [0.15, 0.2) is 7.71 Å². The lowest BCUT2D eigenvalue weighted by Crippen LogP contribution is -1.66. The summed E-state index contributed by atoms with van der Waals surface area (Å²) in [5.74, 6) is 0. The molecule has 2 heteroatoms. The summed E-state index contributed by atoms with van der Waals surface area (Å²) in [6.07, 6.45) is 2.12. The minimum absolute atomic E-state index is 0.326. The van der Waals surface area contributed by atoms with Crippen LogP contribution < -0.4 is 0 Å². The molecular formula is C4H11NP+. The van der Waals surface area contributed by atoms with Crippen molar-refractivity contribution in [2.45, 2.75) is 13.8 Å². The van der Waals surface area contributed by atoms with Crippen molar-refractivity contribution in [2.75, 3.05) is 12.3 Å². The van der Waals surface area contributed by atoms with Crippen LogP contribution in [0.1, 0.15) is 13.8 Å². The summed E-state index contributed by atoms with van der Waals surface area (Å²) in [5.41, 5.74) is 0. The number of nitrogens with one attached hydrogen (secondary N) is 1. The molecule has 0 saturated heterocycles. The van der Waals surface area contributed by atoms with Crippen LogP contribution in [0.15, 0.2) is 0 Å². The van der Waals surface area contributed by atoms with Gasteiger partial charge in [-0.1, -0.05) is 0 Å². The molecule has 0 aromatic heterocycles. The van der Waals surface area contributed by atoms with E-state index in [1.165, 1.54) is 0 Å². The Bertz CT molecular complexity index is 45.5. The normalized spacial score (nSPS) is 8.33. The van der Waals surface area contributed by atoms with Gasteiger partial charge in [0.05, 0.1) is 0 Å². The van der Waals surface area contributed by atoms with Crippen molar-refractivity contribution < 1.29 is 0 Å². The lowest BCUT2D eigenvalue weighted by molar-refractivity contribution is 1.38. The predicted octanol–water partition coefficient (Wildman–Crippen LogP) is 2.27. The SMILES string of the molecule is CC[P+](=N)CC. The molecule has 0 aromatic carbocycles. The van der Waals surface area contributed by atoms with Crippen LogP contribution in [0, 0.1) is 5.16 Å². The Morgan fingerprint density at radius 2 is 1.67 bits per heavy atom. The Kier molecular flexibility index (Phi) is 3.35. The molecule has 6 heavy (non-hydrogen) atoms. The third-order valence-corrected chi connectivity index (χ3v) is 2.29. The van der Waals surface area contributed by atoms with Crippen LogP contribution >= 0.6 is 7.71 Å². The average Bonchev–Trinajstić information content (AvgIpc) is 1.65. The highest BCUT2D eigenvalue weighted by atomic mass is 31.1. The summed E-state index contributed by atoms with van der Waals surface area (Å²) < 4.78 is 0. The third kappa shape index (κ3) is 2.34. The molecule has 0 aromatic rings. The fourth-order valence-corrected chi connectivity index (χ4v) is 0.671. The number of hydrogen-bond acceptors (Lipinski definition) is 1. The van der Waals surface area contributed by atoms with Crippen LogP contribution in [0.5, 0.6) is 0 Å². The van der Waals surface area contributed by atoms with E-state index in [4.69, 9.17) is 5.16 Å². The van der Waals surface area contributed by atoms with Gasteiger partial charge in [0.2, 0.25) is 0 Å². The Balaban J connectivity index is 2.99. The Hall–Kier alpha value is 0.100. The van der Waals surface area contributed by atoms with Crippen molar-refractivity contribution in [1.29, 1.82) is 5.16 Å². The standard InChI is InChI=1S/C4H11NP/c1-3-6(5)4-2/h5H,3-4H2,1-2H3/q+1. The van der Waals surface area contributed by atoms with Crippen molar-refractivity contribution >= 4 is 7.71 Å². The van der Waals surface area contributed by atoms with Gasteiger partial charge in [0, 0.05) is 0 Å². The smallest absolute Gasteiger partial charge is 0.125 e. The molecule has 0 spiro atoms. The first-order valence-corrected chi connectivity index (χ1v) is 3.98. The number of hydrogen-bond donors (Lipinski definition) is 1. The van der Waals surface area contributed by atoms with E-state index in [-0.39, 0.29) is 7.71 Å². The average molecular weight is 104 g/mol. The first kappa shape index (κ1) is 6.10. The van der Waals surface area contributed by atoms with Crippen LogP contribution in [-0.4, -0.2) is 12.3 Å². The van der Waals surface area contributed by atoms with Crippen LogP contribution in [0.25, 0.3) is 0 Å². The Morgan fingerprint density at radius 3 is 1.67 bits per heavy atom. The molecule has 0 radical (unpaired) electrons. The van der Waals surface area contributed by atoms with E-state index in [0.29, 0.717) is 0 Å². The maximum Gasteiger partial charge on any atom is 0.195 e. The fourth-order valence-electron chi connectivity index (χ4n) is 0.224. The van der Waals surface area contributed by atoms with Gasteiger partial charge in [-0.25, -0.2) is 0 Å². The van der Waals surface area contributed by atoms with Gasteiger partial charge in [-0.05, 0) is 13.8 Å². The molecule has 1 N–H and O–H groups in total. The van der Waals surface area contributed by atoms with E-state index < -0.39 is 0 Å². The van der Waals surface area contributed by atoms with Crippen molar-refractivity contribution in [3.8, 4) is 0 Å². The number of rotatable bonds is 2. The quantitative estimate of drug-likeness (QED) is 0.519. The van der Waals surface area contributed by atoms with E-state index >= 15 is 0 Å². The molecule has 0 heterocycles. The first-order valence-electron chi connectivity index (χ1n) is 2.27. The summed E-state index contributed by atoms with van der Waals surface area (Å²) in [5, 5.41) is 7.13. The van der Waals surface area contributed by atoms with Gasteiger partial charge in [0.1, 0.15) is 12.3 Å². The van der Waals surface area contributed by atoms with Crippen molar-refractivity contribution in [3.63, 3.8) is 0 Å². The summed E-state index contributed by atoms with van der Waals surface area (Å²) in [6, 6.07) is 0. The Labute approximate surface area is 40.0 Å². The second-order valence-corrected chi connectivity index (χ2v) is 3.52. The molecule has 0 unspecified atom stereocenters. The highest BCUT2D eigenvalue weighted by Crippen LogP contribution is 2.17. The van der Waals surface area contributed by atoms with Gasteiger partial charge in [-0.15, -0.1) is 5.16 Å². The highest BCUT2D eigenvalue weighted by Gasteiger charge is 1.95. The minimum atomic E-state index is -0.326. The topological polar surface area (TPSA) is 23.9 Å². The van der Waals surface area contributed by atoms with Crippen molar-refractivity contribution in [3.05, 3.63) is 0 Å². The molecule has 36 valence electrons. The lowest BCUT2D eigenvalue weighted by atomic mass is 11.0. The Morgan fingerprint density at radius 1 is 1.33 bits per heavy atom. The van der Waals surface area contributed by atoms with Gasteiger partial charge in [-0.2, -0.15) is 0 Å². The fraction of sp³-hybridized carbons (Fsp3) is 1.00. The zero-order valence-electron chi connectivity index (χ0n) is 4.36. The second-order valence-electron chi connectivity index (χ2n) is 1.17. The van der Waals surface area contributed by atoms with E-state index in [9.17, 15) is 0 Å². The molecule has 0 rings (SSSR count). The molecule has 0 aliphatic heterocycles. The van der Waals surface area contributed by atoms with Crippen LogP contribution in [-0.2, 0) is 0 Å². The molecule has 0 atom stereocenters. The van der Waals surface area contributed by atoms with Gasteiger partial charge >= 0.3 is 0 Å². The van der Waals surface area contributed by atoms with Gasteiger partial charge < -0.3 is 0 Å².